The molecule has 6 nitrogen and oxygen atoms in total. The highest BCUT2D eigenvalue weighted by molar-refractivity contribution is 6.02. The molecule has 1 aromatic heterocycles. The summed E-state index contributed by atoms with van der Waals surface area (Å²) in [5.74, 6) is 2.52. The molecule has 0 atom stereocenters. The molecule has 0 saturated heterocycles. The molecule has 0 aliphatic carbocycles. The number of ketones is 1. The van der Waals surface area contributed by atoms with E-state index in [0.717, 1.165) is 12.4 Å². The molecule has 0 saturated carbocycles. The standard InChI is InChI=1S/C15H17N3O3/c1-10(2)6-18-15(16-9-17-18)8-20-11-3-4-12-13(19)7-21-14(12)5-11/h3-5,9-10H,6-8H2,1-2H3. The Labute approximate surface area is 122 Å². The first-order chi connectivity index (χ1) is 10.1. The molecular weight excluding hydrogens is 270 g/mol. The Bertz CT molecular complexity index is 664. The zero-order valence-corrected chi connectivity index (χ0v) is 12.1. The van der Waals surface area contributed by atoms with E-state index >= 15 is 0 Å². The molecule has 1 aliphatic rings. The Kier molecular flexibility index (Phi) is 3.60. The molecule has 0 spiro atoms. The van der Waals surface area contributed by atoms with Crippen molar-refractivity contribution in [1.29, 1.82) is 0 Å². The van der Waals surface area contributed by atoms with E-state index in [-0.39, 0.29) is 12.4 Å². The van der Waals surface area contributed by atoms with Crippen molar-refractivity contribution in [3.05, 3.63) is 35.9 Å². The van der Waals surface area contributed by atoms with Gasteiger partial charge in [-0.1, -0.05) is 13.8 Å². The molecule has 0 amide bonds. The summed E-state index contributed by atoms with van der Waals surface area (Å²) in [5, 5.41) is 4.19. The summed E-state index contributed by atoms with van der Waals surface area (Å²) in [7, 11) is 0. The molecule has 2 aromatic rings. The van der Waals surface area contributed by atoms with Gasteiger partial charge in [0.05, 0.1) is 5.56 Å². The van der Waals surface area contributed by atoms with E-state index in [9.17, 15) is 4.79 Å². The normalized spacial score (nSPS) is 13.4. The van der Waals surface area contributed by atoms with Crippen LogP contribution in [-0.2, 0) is 13.2 Å². The fourth-order valence-corrected chi connectivity index (χ4v) is 2.21. The fourth-order valence-electron chi connectivity index (χ4n) is 2.21. The van der Waals surface area contributed by atoms with E-state index < -0.39 is 0 Å². The lowest BCUT2D eigenvalue weighted by atomic mass is 10.1. The summed E-state index contributed by atoms with van der Waals surface area (Å²) in [6.45, 7) is 5.50. The van der Waals surface area contributed by atoms with E-state index in [1.165, 1.54) is 6.33 Å². The number of hydrogen-bond acceptors (Lipinski definition) is 5. The summed E-state index contributed by atoms with van der Waals surface area (Å²) >= 11 is 0. The monoisotopic (exact) mass is 287 g/mol. The first-order valence-electron chi connectivity index (χ1n) is 6.93. The topological polar surface area (TPSA) is 66.2 Å². The average Bonchev–Trinajstić information content (AvgIpc) is 3.03. The van der Waals surface area contributed by atoms with Crippen molar-refractivity contribution < 1.29 is 14.3 Å². The van der Waals surface area contributed by atoms with Crippen LogP contribution in [0.15, 0.2) is 24.5 Å². The van der Waals surface area contributed by atoms with Crippen LogP contribution in [0.25, 0.3) is 0 Å². The van der Waals surface area contributed by atoms with Gasteiger partial charge in [-0.3, -0.25) is 4.79 Å². The highest BCUT2D eigenvalue weighted by Crippen LogP contribution is 2.29. The lowest BCUT2D eigenvalue weighted by molar-refractivity contribution is 0.0961. The van der Waals surface area contributed by atoms with E-state index in [0.29, 0.717) is 29.6 Å². The Morgan fingerprint density at radius 3 is 3.10 bits per heavy atom. The predicted molar refractivity (Wildman–Crippen MR) is 75.5 cm³/mol. The van der Waals surface area contributed by atoms with Crippen molar-refractivity contribution in [2.75, 3.05) is 6.61 Å². The first-order valence-corrected chi connectivity index (χ1v) is 6.93. The van der Waals surface area contributed by atoms with E-state index in [1.54, 1.807) is 18.2 Å². The zero-order chi connectivity index (χ0) is 14.8. The van der Waals surface area contributed by atoms with Crippen molar-refractivity contribution in [3.63, 3.8) is 0 Å². The summed E-state index contributed by atoms with van der Waals surface area (Å²) in [6, 6.07) is 5.25. The number of rotatable bonds is 5. The number of benzene rings is 1. The van der Waals surface area contributed by atoms with Crippen LogP contribution in [-0.4, -0.2) is 27.2 Å². The number of aromatic nitrogens is 3. The van der Waals surface area contributed by atoms with E-state index in [2.05, 4.69) is 23.9 Å². The Hall–Kier alpha value is -2.37. The van der Waals surface area contributed by atoms with Crippen LogP contribution in [0, 0.1) is 5.92 Å². The van der Waals surface area contributed by atoms with Gasteiger partial charge in [0.15, 0.2) is 12.4 Å². The van der Waals surface area contributed by atoms with Gasteiger partial charge in [0, 0.05) is 12.6 Å². The maximum atomic E-state index is 11.5. The number of carbonyl (C=O) groups is 1. The quantitative estimate of drug-likeness (QED) is 0.842. The lowest BCUT2D eigenvalue weighted by Gasteiger charge is -2.10. The SMILES string of the molecule is CC(C)Cn1ncnc1COc1ccc2c(c1)OCC2=O. The van der Waals surface area contributed by atoms with E-state index in [4.69, 9.17) is 9.47 Å². The molecule has 1 aliphatic heterocycles. The minimum atomic E-state index is 0.00762. The third-order valence-electron chi connectivity index (χ3n) is 3.21. The Morgan fingerprint density at radius 2 is 2.29 bits per heavy atom. The van der Waals surface area contributed by atoms with Gasteiger partial charge in [0.25, 0.3) is 0 Å². The first kappa shape index (κ1) is 13.6. The van der Waals surface area contributed by atoms with Crippen molar-refractivity contribution in [2.45, 2.75) is 27.0 Å². The highest BCUT2D eigenvalue weighted by Gasteiger charge is 2.21. The van der Waals surface area contributed by atoms with Gasteiger partial charge < -0.3 is 9.47 Å². The van der Waals surface area contributed by atoms with Crippen molar-refractivity contribution in [2.24, 2.45) is 5.92 Å². The molecule has 6 heteroatoms. The van der Waals surface area contributed by atoms with Crippen LogP contribution < -0.4 is 9.47 Å². The van der Waals surface area contributed by atoms with E-state index in [1.807, 2.05) is 4.68 Å². The fraction of sp³-hybridized carbons (Fsp3) is 0.400. The van der Waals surface area contributed by atoms with Crippen molar-refractivity contribution in [3.8, 4) is 11.5 Å². The molecule has 0 N–H and O–H groups in total. The summed E-state index contributed by atoms with van der Waals surface area (Å²) in [6.07, 6.45) is 1.53. The third-order valence-corrected chi connectivity index (χ3v) is 3.21. The minimum absolute atomic E-state index is 0.00762. The van der Waals surface area contributed by atoms with Crippen LogP contribution >= 0.6 is 0 Å². The third kappa shape index (κ3) is 2.89. The molecule has 0 radical (unpaired) electrons. The molecule has 110 valence electrons. The minimum Gasteiger partial charge on any atom is -0.485 e. The largest absolute Gasteiger partial charge is 0.485 e. The van der Waals surface area contributed by atoms with Crippen molar-refractivity contribution >= 4 is 5.78 Å². The van der Waals surface area contributed by atoms with Gasteiger partial charge in [-0.25, -0.2) is 9.67 Å². The number of hydrogen-bond donors (Lipinski definition) is 0. The van der Waals surface area contributed by atoms with Gasteiger partial charge in [-0.05, 0) is 18.1 Å². The van der Waals surface area contributed by atoms with Crippen LogP contribution in [0.2, 0.25) is 0 Å². The molecule has 0 bridgehead atoms. The van der Waals surface area contributed by atoms with Crippen LogP contribution in [0.1, 0.15) is 30.0 Å². The Balaban J connectivity index is 1.68. The number of carbonyl (C=O) groups excluding carboxylic acids is 1. The highest BCUT2D eigenvalue weighted by atomic mass is 16.5. The number of ether oxygens (including phenoxy) is 2. The summed E-state index contributed by atoms with van der Waals surface area (Å²) < 4.78 is 12.9. The smallest absolute Gasteiger partial charge is 0.203 e. The van der Waals surface area contributed by atoms with Gasteiger partial charge in [-0.15, -0.1) is 0 Å². The molecule has 2 heterocycles. The van der Waals surface area contributed by atoms with Gasteiger partial charge >= 0.3 is 0 Å². The molecular formula is C15H17N3O3. The predicted octanol–water partition coefficient (Wildman–Crippen LogP) is 2.09. The van der Waals surface area contributed by atoms with Gasteiger partial charge in [0.2, 0.25) is 5.78 Å². The van der Waals surface area contributed by atoms with Gasteiger partial charge in [0.1, 0.15) is 24.4 Å². The van der Waals surface area contributed by atoms with Crippen LogP contribution in [0.3, 0.4) is 0 Å². The lowest BCUT2D eigenvalue weighted by Crippen LogP contribution is -2.12. The maximum absolute atomic E-state index is 11.5. The zero-order valence-electron chi connectivity index (χ0n) is 12.1. The molecule has 3 rings (SSSR count). The molecule has 0 unspecified atom stereocenters. The maximum Gasteiger partial charge on any atom is 0.203 e. The van der Waals surface area contributed by atoms with Gasteiger partial charge in [-0.2, -0.15) is 5.10 Å². The summed E-state index contributed by atoms with van der Waals surface area (Å²) in [5.41, 5.74) is 0.616. The average molecular weight is 287 g/mol. The number of Topliss-reactive ketones (excluding diaryl/α,β-unsaturated/α-hetero) is 1. The van der Waals surface area contributed by atoms with Crippen LogP contribution in [0.4, 0.5) is 0 Å². The summed E-state index contributed by atoms with van der Waals surface area (Å²) in [4.78, 5) is 15.7. The second kappa shape index (κ2) is 5.55. The second-order valence-corrected chi connectivity index (χ2v) is 5.41. The Morgan fingerprint density at radius 1 is 1.43 bits per heavy atom. The van der Waals surface area contributed by atoms with Crippen molar-refractivity contribution in [1.82, 2.24) is 14.8 Å². The molecule has 0 fully saturated rings. The van der Waals surface area contributed by atoms with Crippen LogP contribution in [0.5, 0.6) is 11.5 Å². The number of fused-ring (bicyclic) bond motifs is 1. The number of nitrogens with zero attached hydrogens (tertiary/aromatic N) is 3. The second-order valence-electron chi connectivity index (χ2n) is 5.41. The molecule has 1 aromatic carbocycles. The molecule has 21 heavy (non-hydrogen) atoms.